The van der Waals surface area contributed by atoms with E-state index in [9.17, 15) is 1.37 Å². The average molecular weight is 355 g/mol. The summed E-state index contributed by atoms with van der Waals surface area (Å²) in [5, 5.41) is 0.418. The summed E-state index contributed by atoms with van der Waals surface area (Å²) < 4.78 is 61.6. The van der Waals surface area contributed by atoms with Crippen LogP contribution in [0.5, 0.6) is 0 Å². The number of nitrogens with zero attached hydrogens (tertiary/aromatic N) is 2. The van der Waals surface area contributed by atoms with Crippen molar-refractivity contribution in [2.24, 2.45) is 7.05 Å². The van der Waals surface area contributed by atoms with Gasteiger partial charge in [-0.25, -0.2) is 0 Å². The fourth-order valence-electron chi connectivity index (χ4n) is 3.35. The van der Waals surface area contributed by atoms with Crippen molar-refractivity contribution in [2.75, 3.05) is 4.90 Å². The van der Waals surface area contributed by atoms with Crippen molar-refractivity contribution >= 4 is 38.9 Å². The summed E-state index contributed by atoms with van der Waals surface area (Å²) in [6.45, 7) is 0. The van der Waals surface area contributed by atoms with Gasteiger partial charge in [-0.1, -0.05) is 54.5 Å². The summed E-state index contributed by atoms with van der Waals surface area (Å²) in [7, 11) is 1.61. The van der Waals surface area contributed by atoms with E-state index in [2.05, 4.69) is 0 Å². The average Bonchev–Trinajstić information content (AvgIpc) is 3.17. The Morgan fingerprint density at radius 3 is 1.93 bits per heavy atom. The second kappa shape index (κ2) is 6.33. The molecule has 5 rings (SSSR count). The lowest BCUT2D eigenvalue weighted by Gasteiger charge is -2.25. The number of aromatic nitrogens is 1. The Morgan fingerprint density at radius 2 is 1.26 bits per heavy atom. The Labute approximate surface area is 168 Å². The Morgan fingerprint density at radius 1 is 0.667 bits per heavy atom. The van der Waals surface area contributed by atoms with Gasteiger partial charge in [0.15, 0.2) is 0 Å². The highest BCUT2D eigenvalue weighted by Crippen LogP contribution is 2.37. The van der Waals surface area contributed by atoms with E-state index < -0.39 is 6.04 Å². The topological polar surface area (TPSA) is 8.17 Å². The number of rotatable bonds is 3. The number of para-hydroxylation sites is 3. The lowest BCUT2D eigenvalue weighted by atomic mass is 10.1. The quantitative estimate of drug-likeness (QED) is 0.345. The maximum atomic E-state index is 9.18. The zero-order valence-corrected chi connectivity index (χ0v) is 14.7. The van der Waals surface area contributed by atoms with Crippen molar-refractivity contribution in [1.29, 1.82) is 0 Å². The largest absolute Gasteiger partial charge is 0.344 e. The minimum atomic E-state index is -0.393. The van der Waals surface area contributed by atoms with Gasteiger partial charge in [-0.2, -0.15) is 0 Å². The van der Waals surface area contributed by atoms with Gasteiger partial charge in [0.2, 0.25) is 0 Å². The van der Waals surface area contributed by atoms with Gasteiger partial charge in [-0.15, -0.1) is 0 Å². The third-order valence-electron chi connectivity index (χ3n) is 4.62. The highest BCUT2D eigenvalue weighted by atomic mass is 15.1. The number of hydrogen-bond donors (Lipinski definition) is 0. The molecule has 0 atom stereocenters. The van der Waals surface area contributed by atoms with Crippen LogP contribution in [-0.2, 0) is 7.05 Å². The van der Waals surface area contributed by atoms with Crippen molar-refractivity contribution in [2.45, 2.75) is 0 Å². The van der Waals surface area contributed by atoms with Crippen LogP contribution >= 0.6 is 0 Å². The van der Waals surface area contributed by atoms with Gasteiger partial charge < -0.3 is 9.47 Å². The highest BCUT2D eigenvalue weighted by molar-refractivity contribution is 6.09. The van der Waals surface area contributed by atoms with Crippen LogP contribution in [0.25, 0.3) is 21.8 Å². The smallest absolute Gasteiger partial charge is 0.0652 e. The normalized spacial score (nSPS) is 14.8. The molecule has 0 saturated carbocycles. The van der Waals surface area contributed by atoms with Crippen LogP contribution in [0.15, 0.2) is 103 Å². The van der Waals surface area contributed by atoms with E-state index >= 15 is 0 Å². The number of benzene rings is 4. The molecule has 0 aliphatic carbocycles. The molecule has 4 aromatic carbocycles. The molecule has 0 N–H and O–H groups in total. The maximum Gasteiger partial charge on any atom is 0.0652 e. The first kappa shape index (κ1) is 9.98. The second-order valence-corrected chi connectivity index (χ2v) is 6.24. The van der Waals surface area contributed by atoms with E-state index in [1.807, 2.05) is 60.7 Å². The van der Waals surface area contributed by atoms with Gasteiger partial charge in [-0.05, 0) is 48.4 Å². The molecule has 27 heavy (non-hydrogen) atoms. The van der Waals surface area contributed by atoms with E-state index in [1.54, 1.807) is 11.9 Å². The third-order valence-corrected chi connectivity index (χ3v) is 4.62. The molecule has 0 aliphatic rings. The number of anilines is 3. The third kappa shape index (κ3) is 2.58. The number of fused-ring (bicyclic) bond motifs is 3. The Bertz CT molecular complexity index is 1540. The monoisotopic (exact) mass is 355 g/mol. The minimum Gasteiger partial charge on any atom is -0.344 e. The summed E-state index contributed by atoms with van der Waals surface area (Å²) in [6.07, 6.45) is 0. The van der Waals surface area contributed by atoms with Crippen molar-refractivity contribution < 1.29 is 9.60 Å². The lowest BCUT2D eigenvalue weighted by molar-refractivity contribution is 1.01. The molecule has 0 aliphatic heterocycles. The zero-order chi connectivity index (χ0) is 24.3. The molecule has 0 radical (unpaired) electrons. The van der Waals surface area contributed by atoms with Crippen molar-refractivity contribution in [3.63, 3.8) is 0 Å². The van der Waals surface area contributed by atoms with Gasteiger partial charge in [0.05, 0.1) is 9.60 Å². The molecule has 2 heteroatoms. The van der Waals surface area contributed by atoms with E-state index in [1.165, 1.54) is 4.57 Å². The van der Waals surface area contributed by atoms with Crippen LogP contribution in [0.1, 0.15) is 9.60 Å². The van der Waals surface area contributed by atoms with E-state index in [0.29, 0.717) is 11.4 Å². The van der Waals surface area contributed by atoms with Crippen LogP contribution in [0, 0.1) is 0 Å². The Hall–Kier alpha value is -3.52. The van der Waals surface area contributed by atoms with Gasteiger partial charge in [0, 0.05) is 45.9 Å². The molecule has 1 heterocycles. The van der Waals surface area contributed by atoms with Gasteiger partial charge in [-0.3, -0.25) is 0 Å². The molecule has 5 aromatic rings. The first-order valence-corrected chi connectivity index (χ1v) is 8.64. The molecule has 130 valence electrons. The molecule has 0 unspecified atom stereocenters. The van der Waals surface area contributed by atoms with Crippen LogP contribution in [0.2, 0.25) is 0 Å². The van der Waals surface area contributed by atoms with Gasteiger partial charge in [0.25, 0.3) is 0 Å². The first-order chi connectivity index (χ1) is 16.3. The first-order valence-electron chi connectivity index (χ1n) is 12.1. The fraction of sp³-hybridized carbons (Fsp3) is 0.0400. The SMILES string of the molecule is [2H]c1c([2H])c([2H])c2c(c1[2H])c1c([2H])c(N(c3ccccc3)c3ccccc3)c([2H])c([2H])c1n2C. The Kier molecular flexibility index (Phi) is 2.34. The summed E-state index contributed by atoms with van der Waals surface area (Å²) in [4.78, 5) is 1.74. The van der Waals surface area contributed by atoms with Crippen molar-refractivity contribution in [3.8, 4) is 0 Å². The number of aryl methyl sites for hydroxylation is 1. The second-order valence-electron chi connectivity index (χ2n) is 6.24. The van der Waals surface area contributed by atoms with E-state index in [4.69, 9.17) is 8.22 Å². The van der Waals surface area contributed by atoms with Crippen molar-refractivity contribution in [3.05, 3.63) is 103 Å². The van der Waals surface area contributed by atoms with E-state index in [0.717, 1.165) is 0 Å². The lowest BCUT2D eigenvalue weighted by Crippen LogP contribution is -2.09. The number of hydrogen-bond acceptors (Lipinski definition) is 1. The summed E-state index contributed by atoms with van der Waals surface area (Å²) in [6, 6.07) is 16.9. The molecule has 2 nitrogen and oxygen atoms in total. The standard InChI is InChI=1S/C25H20N2/c1-26-24-15-9-8-14-22(24)23-18-21(16-17-25(23)26)27(19-10-4-2-5-11-19)20-12-6-3-7-13-20/h2-18H,1H3/i8D,9D,14D,15D,16D,17D,18D. The molecular weight excluding hydrogens is 328 g/mol. The maximum absolute atomic E-state index is 9.18. The molecule has 0 amide bonds. The van der Waals surface area contributed by atoms with Crippen LogP contribution in [0.3, 0.4) is 0 Å². The highest BCUT2D eigenvalue weighted by Gasteiger charge is 2.14. The predicted molar refractivity (Wildman–Crippen MR) is 115 cm³/mol. The van der Waals surface area contributed by atoms with Crippen LogP contribution < -0.4 is 4.90 Å². The molecular formula is C25H20N2. The predicted octanol–water partition coefficient (Wildman–Crippen LogP) is 6.80. The molecule has 1 aromatic heterocycles. The van der Waals surface area contributed by atoms with Crippen LogP contribution in [-0.4, -0.2) is 4.57 Å². The zero-order valence-electron chi connectivity index (χ0n) is 21.7. The molecule has 0 saturated heterocycles. The van der Waals surface area contributed by atoms with Gasteiger partial charge in [0.1, 0.15) is 0 Å². The Balaban J connectivity index is 1.99. The van der Waals surface area contributed by atoms with E-state index in [-0.39, 0.29) is 63.7 Å². The summed E-state index contributed by atoms with van der Waals surface area (Å²) in [5.41, 5.74) is 2.04. The molecule has 0 spiro atoms. The van der Waals surface area contributed by atoms with Crippen molar-refractivity contribution in [1.82, 2.24) is 4.57 Å². The minimum absolute atomic E-state index is 0.0701. The fourth-order valence-corrected chi connectivity index (χ4v) is 3.35. The molecule has 0 bridgehead atoms. The molecule has 0 fully saturated rings. The van der Waals surface area contributed by atoms with Crippen LogP contribution in [0.4, 0.5) is 17.1 Å². The summed E-state index contributed by atoms with van der Waals surface area (Å²) >= 11 is 0. The summed E-state index contributed by atoms with van der Waals surface area (Å²) in [5.74, 6) is 0. The van der Waals surface area contributed by atoms with Gasteiger partial charge >= 0.3 is 0 Å².